The van der Waals surface area contributed by atoms with Crippen molar-refractivity contribution < 1.29 is 14.9 Å². The van der Waals surface area contributed by atoms with Crippen molar-refractivity contribution in [2.24, 2.45) is 0 Å². The van der Waals surface area contributed by atoms with Crippen LogP contribution in [0.4, 0.5) is 0 Å². The highest BCUT2D eigenvalue weighted by Gasteiger charge is 2.11. The van der Waals surface area contributed by atoms with Crippen LogP contribution in [-0.4, -0.2) is 29.9 Å². The van der Waals surface area contributed by atoms with Crippen molar-refractivity contribution in [2.45, 2.75) is 6.10 Å². The van der Waals surface area contributed by atoms with Gasteiger partial charge in [-0.2, -0.15) is 0 Å². The molecule has 3 N–H and O–H groups in total. The Balaban J connectivity index is 1.53. The van der Waals surface area contributed by atoms with E-state index in [1.165, 1.54) is 0 Å². The van der Waals surface area contributed by atoms with Crippen LogP contribution in [0.1, 0.15) is 17.2 Å². The van der Waals surface area contributed by atoms with Crippen LogP contribution in [0.2, 0.25) is 0 Å². The smallest absolute Gasteiger partial charge is 0.127 e. The fourth-order valence-electron chi connectivity index (χ4n) is 2.45. The number of fused-ring (bicyclic) bond motifs is 1. The number of aromatic hydroxyl groups is 1. The van der Waals surface area contributed by atoms with Gasteiger partial charge in [-0.3, -0.25) is 0 Å². The molecule has 1 atom stereocenters. The fraction of sp³-hybridized carbons (Fsp3) is 0.222. The first-order valence-electron chi connectivity index (χ1n) is 7.31. The molecule has 1 heterocycles. The zero-order chi connectivity index (χ0) is 15.4. The summed E-state index contributed by atoms with van der Waals surface area (Å²) >= 11 is 0. The van der Waals surface area contributed by atoms with Gasteiger partial charge in [-0.1, -0.05) is 30.3 Å². The van der Waals surface area contributed by atoms with Gasteiger partial charge in [0.1, 0.15) is 18.1 Å². The summed E-state index contributed by atoms with van der Waals surface area (Å²) < 4.78 is 5.69. The number of benzene rings is 2. The normalized spacial score (nSPS) is 14.7. The third kappa shape index (κ3) is 3.47. The van der Waals surface area contributed by atoms with E-state index in [1.54, 1.807) is 24.3 Å². The average molecular weight is 297 g/mol. The quantitative estimate of drug-likeness (QED) is 0.793. The highest BCUT2D eigenvalue weighted by atomic mass is 16.5. The number of hydrogen-bond acceptors (Lipinski definition) is 4. The Morgan fingerprint density at radius 1 is 1.09 bits per heavy atom. The zero-order valence-corrected chi connectivity index (χ0v) is 12.2. The molecule has 0 saturated heterocycles. The van der Waals surface area contributed by atoms with Crippen LogP contribution in [0.15, 0.2) is 54.1 Å². The predicted octanol–water partition coefficient (Wildman–Crippen LogP) is 2.49. The number of aliphatic hydroxyl groups is 1. The molecule has 0 amide bonds. The van der Waals surface area contributed by atoms with Crippen LogP contribution in [0.5, 0.6) is 11.5 Å². The summed E-state index contributed by atoms with van der Waals surface area (Å²) in [6.45, 7) is 1.69. The largest absolute Gasteiger partial charge is 0.508 e. The van der Waals surface area contributed by atoms with Crippen molar-refractivity contribution in [3.8, 4) is 11.5 Å². The zero-order valence-electron chi connectivity index (χ0n) is 12.2. The Bertz CT molecular complexity index is 664. The van der Waals surface area contributed by atoms with E-state index in [-0.39, 0.29) is 5.75 Å². The molecule has 2 aromatic rings. The maximum Gasteiger partial charge on any atom is 0.127 e. The second kappa shape index (κ2) is 6.64. The van der Waals surface area contributed by atoms with E-state index in [2.05, 4.69) is 11.4 Å². The van der Waals surface area contributed by atoms with Gasteiger partial charge in [0.25, 0.3) is 0 Å². The van der Waals surface area contributed by atoms with E-state index >= 15 is 0 Å². The lowest BCUT2D eigenvalue weighted by atomic mass is 10.1. The number of aliphatic hydroxyl groups excluding tert-OH is 1. The molecule has 114 valence electrons. The number of para-hydroxylation sites is 1. The summed E-state index contributed by atoms with van der Waals surface area (Å²) in [5, 5.41) is 22.6. The molecule has 22 heavy (non-hydrogen) atoms. The second-order valence-electron chi connectivity index (χ2n) is 5.37. The minimum atomic E-state index is -0.599. The van der Waals surface area contributed by atoms with Gasteiger partial charge < -0.3 is 20.3 Å². The van der Waals surface area contributed by atoms with Gasteiger partial charge in [0.05, 0.1) is 6.10 Å². The number of ether oxygens (including phenoxy) is 1. The van der Waals surface area contributed by atoms with Crippen LogP contribution in [0.25, 0.3) is 6.08 Å². The molecule has 1 aliphatic heterocycles. The minimum Gasteiger partial charge on any atom is -0.508 e. The Kier molecular flexibility index (Phi) is 4.42. The first kappa shape index (κ1) is 14.6. The van der Waals surface area contributed by atoms with Gasteiger partial charge in [-0.15, -0.1) is 0 Å². The maximum absolute atomic E-state index is 10.1. The van der Waals surface area contributed by atoms with Gasteiger partial charge in [-0.25, -0.2) is 0 Å². The summed E-state index contributed by atoms with van der Waals surface area (Å²) in [7, 11) is 0. The minimum absolute atomic E-state index is 0.201. The van der Waals surface area contributed by atoms with E-state index in [9.17, 15) is 10.2 Å². The molecule has 1 aliphatic rings. The van der Waals surface area contributed by atoms with E-state index in [0.29, 0.717) is 19.7 Å². The van der Waals surface area contributed by atoms with Crippen molar-refractivity contribution in [2.75, 3.05) is 19.7 Å². The Morgan fingerprint density at radius 2 is 1.86 bits per heavy atom. The van der Waals surface area contributed by atoms with Crippen LogP contribution >= 0.6 is 0 Å². The van der Waals surface area contributed by atoms with Gasteiger partial charge in [0, 0.05) is 18.7 Å². The monoisotopic (exact) mass is 297 g/mol. The molecule has 0 spiro atoms. The summed E-state index contributed by atoms with van der Waals surface area (Å²) in [6.07, 6.45) is 1.52. The van der Waals surface area contributed by atoms with Crippen molar-refractivity contribution in [3.05, 3.63) is 65.2 Å². The highest BCUT2D eigenvalue weighted by Crippen LogP contribution is 2.25. The maximum atomic E-state index is 10.1. The van der Waals surface area contributed by atoms with E-state index < -0.39 is 6.10 Å². The summed E-state index contributed by atoms with van der Waals surface area (Å²) in [4.78, 5) is 0. The molecular weight excluding hydrogens is 278 g/mol. The Hall–Kier alpha value is -2.30. The van der Waals surface area contributed by atoms with Gasteiger partial charge >= 0.3 is 0 Å². The lowest BCUT2D eigenvalue weighted by Crippen LogP contribution is -2.26. The van der Waals surface area contributed by atoms with E-state index in [0.717, 1.165) is 22.4 Å². The second-order valence-corrected chi connectivity index (χ2v) is 5.37. The molecular formula is C18H19NO3. The topological polar surface area (TPSA) is 61.7 Å². The molecule has 0 aliphatic carbocycles. The number of phenols is 1. The summed E-state index contributed by atoms with van der Waals surface area (Å²) in [5.41, 5.74) is 3.02. The van der Waals surface area contributed by atoms with Crippen molar-refractivity contribution in [1.29, 1.82) is 0 Å². The highest BCUT2D eigenvalue weighted by molar-refractivity contribution is 5.62. The number of nitrogens with one attached hydrogen (secondary N) is 1. The molecule has 1 unspecified atom stereocenters. The van der Waals surface area contributed by atoms with Gasteiger partial charge in [-0.05, 0) is 35.4 Å². The average Bonchev–Trinajstić information content (AvgIpc) is 2.55. The van der Waals surface area contributed by atoms with Crippen LogP contribution < -0.4 is 10.1 Å². The molecule has 3 rings (SSSR count). The van der Waals surface area contributed by atoms with Gasteiger partial charge in [0.15, 0.2) is 0 Å². The lowest BCUT2D eigenvalue weighted by Gasteiger charge is -2.19. The molecule has 4 heteroatoms. The standard InChI is InChI=1S/C18H19NO3/c20-16-7-5-14(6-8-16)17(21)11-19-10-13-9-15-3-1-2-4-18(15)22-12-13/h1-9,17,19-21H,10-12H2. The third-order valence-corrected chi connectivity index (χ3v) is 3.66. The molecule has 0 fully saturated rings. The Morgan fingerprint density at radius 3 is 2.68 bits per heavy atom. The third-order valence-electron chi connectivity index (χ3n) is 3.66. The molecule has 4 nitrogen and oxygen atoms in total. The molecule has 0 saturated carbocycles. The summed E-state index contributed by atoms with van der Waals surface area (Å²) in [6, 6.07) is 14.5. The molecule has 0 aromatic heterocycles. The molecule has 0 bridgehead atoms. The van der Waals surface area contributed by atoms with E-state index in [4.69, 9.17) is 4.74 Å². The van der Waals surface area contributed by atoms with Crippen molar-refractivity contribution in [3.63, 3.8) is 0 Å². The lowest BCUT2D eigenvalue weighted by molar-refractivity contribution is 0.175. The first-order chi connectivity index (χ1) is 10.7. The number of rotatable bonds is 5. The summed E-state index contributed by atoms with van der Waals surface area (Å²) in [5.74, 6) is 1.11. The number of phenolic OH excluding ortho intramolecular Hbond substituents is 1. The first-order valence-corrected chi connectivity index (χ1v) is 7.31. The Labute approximate surface area is 129 Å². The van der Waals surface area contributed by atoms with Crippen LogP contribution in [-0.2, 0) is 0 Å². The van der Waals surface area contributed by atoms with Crippen LogP contribution in [0, 0.1) is 0 Å². The number of hydrogen-bond donors (Lipinski definition) is 3. The van der Waals surface area contributed by atoms with Gasteiger partial charge in [0.2, 0.25) is 0 Å². The van der Waals surface area contributed by atoms with Crippen molar-refractivity contribution >= 4 is 6.08 Å². The van der Waals surface area contributed by atoms with E-state index in [1.807, 2.05) is 24.3 Å². The SMILES string of the molecule is Oc1ccc(C(O)CNCC2=Cc3ccccc3OC2)cc1. The van der Waals surface area contributed by atoms with Crippen LogP contribution in [0.3, 0.4) is 0 Å². The van der Waals surface area contributed by atoms with Crippen molar-refractivity contribution in [1.82, 2.24) is 5.32 Å². The predicted molar refractivity (Wildman–Crippen MR) is 85.9 cm³/mol. The fourth-order valence-corrected chi connectivity index (χ4v) is 2.45. The molecule has 0 radical (unpaired) electrons. The molecule has 2 aromatic carbocycles.